The monoisotopic (exact) mass is 248 g/mol. The molecule has 1 heterocycles. The van der Waals surface area contributed by atoms with Crippen LogP contribution in [0.2, 0.25) is 0 Å². The fourth-order valence-corrected chi connectivity index (χ4v) is 1.62. The molecule has 0 saturated carbocycles. The maximum atomic E-state index is 10.7. The van der Waals surface area contributed by atoms with Crippen molar-refractivity contribution in [2.24, 2.45) is 0 Å². The molecule has 0 amide bonds. The summed E-state index contributed by atoms with van der Waals surface area (Å²) in [4.78, 5) is 10.7. The Morgan fingerprint density at radius 1 is 1.44 bits per heavy atom. The van der Waals surface area contributed by atoms with Gasteiger partial charge in [0.05, 0.1) is 6.61 Å². The quantitative estimate of drug-likeness (QED) is 0.764. The molecular weight excluding hydrogens is 232 g/mol. The van der Waals surface area contributed by atoms with E-state index in [0.717, 1.165) is 5.56 Å². The van der Waals surface area contributed by atoms with Crippen molar-refractivity contribution >= 4 is 12.0 Å². The Hall–Kier alpha value is -1.65. The van der Waals surface area contributed by atoms with Gasteiger partial charge in [0.2, 0.25) is 0 Å². The first kappa shape index (κ1) is 12.8. The second-order valence-corrected chi connectivity index (χ2v) is 4.03. The highest BCUT2D eigenvalue weighted by atomic mass is 16.7. The van der Waals surface area contributed by atoms with E-state index in [-0.39, 0.29) is 25.0 Å². The van der Waals surface area contributed by atoms with Crippen LogP contribution in [-0.4, -0.2) is 31.6 Å². The van der Waals surface area contributed by atoms with Crippen molar-refractivity contribution in [1.82, 2.24) is 0 Å². The van der Waals surface area contributed by atoms with Crippen LogP contribution in [0, 0.1) is 0 Å². The van der Waals surface area contributed by atoms with Crippen molar-refractivity contribution in [3.05, 3.63) is 42.0 Å². The third kappa shape index (κ3) is 3.98. The molecule has 4 nitrogen and oxygen atoms in total. The number of carbonyl (C=O) groups excluding carboxylic acids is 1. The first-order chi connectivity index (χ1) is 8.74. The zero-order valence-corrected chi connectivity index (χ0v) is 10.2. The number of benzene rings is 1. The predicted molar refractivity (Wildman–Crippen MR) is 66.7 cm³/mol. The Kier molecular flexibility index (Phi) is 4.50. The molecule has 1 fully saturated rings. The Bertz CT molecular complexity index is 413. The van der Waals surface area contributed by atoms with Crippen LogP contribution in [0.4, 0.5) is 0 Å². The van der Waals surface area contributed by atoms with Gasteiger partial charge in [0, 0.05) is 6.92 Å². The van der Waals surface area contributed by atoms with Crippen LogP contribution in [0.25, 0.3) is 6.08 Å². The predicted octanol–water partition coefficient (Wildman–Crippen LogP) is 2.00. The van der Waals surface area contributed by atoms with Crippen molar-refractivity contribution in [1.29, 1.82) is 0 Å². The summed E-state index contributed by atoms with van der Waals surface area (Å²) in [5, 5.41) is 0. The van der Waals surface area contributed by atoms with Gasteiger partial charge in [0.25, 0.3) is 0 Å². The Balaban J connectivity index is 1.79. The molecule has 1 aliphatic rings. The van der Waals surface area contributed by atoms with Crippen LogP contribution in [-0.2, 0) is 19.0 Å². The van der Waals surface area contributed by atoms with E-state index in [1.807, 2.05) is 42.5 Å². The molecule has 1 aromatic rings. The number of rotatable bonds is 4. The molecule has 1 aliphatic heterocycles. The lowest BCUT2D eigenvalue weighted by Gasteiger charge is -2.08. The molecule has 1 aromatic carbocycles. The second kappa shape index (κ2) is 6.33. The normalized spacial score (nSPS) is 23.4. The van der Waals surface area contributed by atoms with E-state index in [9.17, 15) is 4.79 Å². The number of hydrogen-bond acceptors (Lipinski definition) is 4. The summed E-state index contributed by atoms with van der Waals surface area (Å²) >= 11 is 0. The van der Waals surface area contributed by atoms with E-state index in [1.54, 1.807) is 0 Å². The van der Waals surface area contributed by atoms with Gasteiger partial charge in [0.15, 0.2) is 6.29 Å². The third-order valence-corrected chi connectivity index (χ3v) is 2.49. The molecular formula is C14H16O4. The average molecular weight is 248 g/mol. The van der Waals surface area contributed by atoms with Crippen LogP contribution in [0.15, 0.2) is 36.4 Å². The highest BCUT2D eigenvalue weighted by Crippen LogP contribution is 2.14. The first-order valence-electron chi connectivity index (χ1n) is 5.88. The van der Waals surface area contributed by atoms with E-state index in [4.69, 9.17) is 14.2 Å². The summed E-state index contributed by atoms with van der Waals surface area (Å²) in [6.07, 6.45) is 3.24. The standard InChI is InChI=1S/C14H16O4/c1-11(15)16-9-13-10-17-14(18-13)8-7-12-5-3-2-4-6-12/h2-8,13-14H,9-10H2,1H3/b8-7-/t13-,14-/m0/s1. The molecule has 96 valence electrons. The van der Waals surface area contributed by atoms with Gasteiger partial charge in [-0.2, -0.15) is 0 Å². The van der Waals surface area contributed by atoms with E-state index in [2.05, 4.69) is 0 Å². The molecule has 2 atom stereocenters. The molecule has 0 unspecified atom stereocenters. The van der Waals surface area contributed by atoms with E-state index >= 15 is 0 Å². The minimum Gasteiger partial charge on any atom is -0.463 e. The van der Waals surface area contributed by atoms with Gasteiger partial charge in [-0.15, -0.1) is 0 Å². The summed E-state index contributed by atoms with van der Waals surface area (Å²) in [6, 6.07) is 9.91. The second-order valence-electron chi connectivity index (χ2n) is 4.03. The van der Waals surface area contributed by atoms with Crippen molar-refractivity contribution < 1.29 is 19.0 Å². The number of hydrogen-bond donors (Lipinski definition) is 0. The Morgan fingerprint density at radius 2 is 2.22 bits per heavy atom. The molecule has 0 radical (unpaired) electrons. The molecule has 0 spiro atoms. The van der Waals surface area contributed by atoms with E-state index in [0.29, 0.717) is 6.61 Å². The SMILES string of the molecule is CC(=O)OC[C@H]1CO[C@H](/C=C\c2ccccc2)O1. The molecule has 18 heavy (non-hydrogen) atoms. The van der Waals surface area contributed by atoms with Gasteiger partial charge >= 0.3 is 5.97 Å². The van der Waals surface area contributed by atoms with Crippen molar-refractivity contribution in [3.63, 3.8) is 0 Å². The van der Waals surface area contributed by atoms with Crippen molar-refractivity contribution in [2.75, 3.05) is 13.2 Å². The molecule has 1 saturated heterocycles. The van der Waals surface area contributed by atoms with Gasteiger partial charge in [0.1, 0.15) is 12.7 Å². The maximum Gasteiger partial charge on any atom is 0.302 e. The lowest BCUT2D eigenvalue weighted by atomic mass is 10.2. The summed E-state index contributed by atoms with van der Waals surface area (Å²) < 4.78 is 15.8. The summed E-state index contributed by atoms with van der Waals surface area (Å²) in [6.45, 7) is 2.06. The van der Waals surface area contributed by atoms with Crippen LogP contribution in [0.3, 0.4) is 0 Å². The van der Waals surface area contributed by atoms with Crippen molar-refractivity contribution in [3.8, 4) is 0 Å². The fraction of sp³-hybridized carbons (Fsp3) is 0.357. The highest BCUT2D eigenvalue weighted by molar-refractivity contribution is 5.65. The van der Waals surface area contributed by atoms with Crippen LogP contribution >= 0.6 is 0 Å². The molecule has 0 N–H and O–H groups in total. The zero-order valence-electron chi connectivity index (χ0n) is 10.2. The summed E-state index contributed by atoms with van der Waals surface area (Å²) in [5.41, 5.74) is 1.09. The van der Waals surface area contributed by atoms with Gasteiger partial charge < -0.3 is 14.2 Å². The van der Waals surface area contributed by atoms with Gasteiger partial charge in [-0.1, -0.05) is 36.4 Å². The molecule has 0 bridgehead atoms. The van der Waals surface area contributed by atoms with Gasteiger partial charge in [-0.25, -0.2) is 0 Å². The van der Waals surface area contributed by atoms with Gasteiger partial charge in [-0.05, 0) is 11.6 Å². The van der Waals surface area contributed by atoms with Crippen LogP contribution in [0.1, 0.15) is 12.5 Å². The number of carbonyl (C=O) groups is 1. The minimum atomic E-state index is -0.370. The van der Waals surface area contributed by atoms with Crippen LogP contribution in [0.5, 0.6) is 0 Å². The Morgan fingerprint density at radius 3 is 2.94 bits per heavy atom. The minimum absolute atomic E-state index is 0.181. The van der Waals surface area contributed by atoms with Gasteiger partial charge in [-0.3, -0.25) is 4.79 Å². The number of esters is 1. The fourth-order valence-electron chi connectivity index (χ4n) is 1.62. The summed E-state index contributed by atoms with van der Waals surface area (Å²) in [7, 11) is 0. The average Bonchev–Trinajstić information content (AvgIpc) is 2.83. The topological polar surface area (TPSA) is 44.8 Å². The molecule has 2 rings (SSSR count). The van der Waals surface area contributed by atoms with Crippen LogP contribution < -0.4 is 0 Å². The van der Waals surface area contributed by atoms with E-state index in [1.165, 1.54) is 6.92 Å². The first-order valence-corrected chi connectivity index (χ1v) is 5.88. The van der Waals surface area contributed by atoms with E-state index < -0.39 is 0 Å². The zero-order chi connectivity index (χ0) is 12.8. The smallest absolute Gasteiger partial charge is 0.302 e. The van der Waals surface area contributed by atoms with Crippen molar-refractivity contribution in [2.45, 2.75) is 19.3 Å². The molecule has 0 aromatic heterocycles. The highest BCUT2D eigenvalue weighted by Gasteiger charge is 2.24. The maximum absolute atomic E-state index is 10.7. The Labute approximate surface area is 106 Å². The lowest BCUT2D eigenvalue weighted by Crippen LogP contribution is -2.20. The lowest BCUT2D eigenvalue weighted by molar-refractivity contribution is -0.144. The largest absolute Gasteiger partial charge is 0.463 e. The molecule has 0 aliphatic carbocycles. The molecule has 4 heteroatoms. The number of ether oxygens (including phenoxy) is 3. The third-order valence-electron chi connectivity index (χ3n) is 2.49. The summed E-state index contributed by atoms with van der Waals surface area (Å²) in [5.74, 6) is -0.304.